The minimum absolute atomic E-state index is 0.152. The van der Waals surface area contributed by atoms with Crippen molar-refractivity contribution in [3.8, 4) is 22.9 Å². The van der Waals surface area contributed by atoms with E-state index < -0.39 is 10.0 Å². The number of aryl methyl sites for hydroxylation is 2. The third-order valence-electron chi connectivity index (χ3n) is 7.41. The fourth-order valence-electron chi connectivity index (χ4n) is 5.13. The van der Waals surface area contributed by atoms with Crippen molar-refractivity contribution in [2.75, 3.05) is 33.9 Å². The van der Waals surface area contributed by atoms with Crippen molar-refractivity contribution >= 4 is 43.7 Å². The van der Waals surface area contributed by atoms with Gasteiger partial charge in [0.05, 0.1) is 35.3 Å². The minimum Gasteiger partial charge on any atom is -0.491 e. The molecular formula is C30H34ClN5O4S. The van der Waals surface area contributed by atoms with E-state index in [0.29, 0.717) is 45.4 Å². The van der Waals surface area contributed by atoms with E-state index in [1.807, 2.05) is 19.2 Å². The minimum atomic E-state index is -4.06. The molecule has 0 saturated heterocycles. The Hall–Kier alpha value is -3.60. The number of pyridine rings is 2. The van der Waals surface area contributed by atoms with Crippen LogP contribution in [0.4, 0.5) is 0 Å². The highest BCUT2D eigenvalue weighted by Gasteiger charge is 2.28. The summed E-state index contributed by atoms with van der Waals surface area (Å²) in [6.07, 6.45) is 4.36. The monoisotopic (exact) mass is 595 g/mol. The maximum Gasteiger partial charge on any atom is 0.269 e. The summed E-state index contributed by atoms with van der Waals surface area (Å²) in [5.41, 5.74) is 3.63. The van der Waals surface area contributed by atoms with Crippen molar-refractivity contribution in [2.24, 2.45) is 0 Å². The highest BCUT2D eigenvalue weighted by molar-refractivity contribution is 7.90. The molecule has 0 N–H and O–H groups in total. The molecule has 0 amide bonds. The van der Waals surface area contributed by atoms with Gasteiger partial charge in [-0.1, -0.05) is 43.1 Å². The van der Waals surface area contributed by atoms with Gasteiger partial charge in [0.2, 0.25) is 0 Å². The lowest BCUT2D eigenvalue weighted by Gasteiger charge is -2.18. The molecule has 11 heteroatoms. The van der Waals surface area contributed by atoms with Crippen molar-refractivity contribution in [1.82, 2.24) is 23.4 Å². The van der Waals surface area contributed by atoms with Gasteiger partial charge in [0, 0.05) is 36.0 Å². The zero-order valence-corrected chi connectivity index (χ0v) is 25.5. The first-order chi connectivity index (χ1) is 19.7. The Morgan fingerprint density at radius 1 is 1.02 bits per heavy atom. The fourth-order valence-corrected chi connectivity index (χ4v) is 6.80. The fraction of sp³-hybridized carbons (Fsp3) is 0.333. The van der Waals surface area contributed by atoms with Crippen LogP contribution in [0.3, 0.4) is 0 Å². The highest BCUT2D eigenvalue weighted by atomic mass is 35.5. The summed E-state index contributed by atoms with van der Waals surface area (Å²) >= 11 is 6.57. The molecule has 5 rings (SSSR count). The number of aromatic nitrogens is 4. The van der Waals surface area contributed by atoms with Crippen molar-refractivity contribution in [1.29, 1.82) is 0 Å². The van der Waals surface area contributed by atoms with E-state index in [9.17, 15) is 8.42 Å². The van der Waals surface area contributed by atoms with Crippen LogP contribution < -0.4 is 9.47 Å². The third kappa shape index (κ3) is 5.27. The molecule has 4 heterocycles. The Labute approximate surface area is 245 Å². The lowest BCUT2D eigenvalue weighted by molar-refractivity contribution is 0.294. The molecule has 0 aliphatic heterocycles. The largest absolute Gasteiger partial charge is 0.491 e. The number of nitrogens with zero attached hydrogens (tertiary/aromatic N) is 5. The molecule has 0 fully saturated rings. The average molecular weight is 596 g/mol. The van der Waals surface area contributed by atoms with Gasteiger partial charge in [-0.3, -0.25) is 0 Å². The van der Waals surface area contributed by atoms with Crippen LogP contribution in [0, 0.1) is 6.92 Å². The number of methoxy groups -OCH3 is 2. The number of hydrogen-bond donors (Lipinski definition) is 0. The topological polar surface area (TPSA) is 91.5 Å². The van der Waals surface area contributed by atoms with Crippen LogP contribution in [-0.2, 0) is 16.6 Å². The van der Waals surface area contributed by atoms with Crippen molar-refractivity contribution < 1.29 is 17.9 Å². The van der Waals surface area contributed by atoms with Crippen LogP contribution >= 0.6 is 11.6 Å². The number of rotatable bonds is 11. The van der Waals surface area contributed by atoms with Crippen LogP contribution in [0.2, 0.25) is 5.02 Å². The predicted molar refractivity (Wildman–Crippen MR) is 163 cm³/mol. The standard InChI is InChI=1S/C30H34ClN5O4S/c1-6-34(7-2)15-8-16-35-19-23(28-26(35)18-27(39-4)30(33-28)40-5)25-17-22-24(31)13-14-32-29(22)36(25)41(37,38)21-11-9-20(3)10-12-21/h9-14,17-19H,6-8,15-16H2,1-5H3. The molecule has 9 nitrogen and oxygen atoms in total. The van der Waals surface area contributed by atoms with Crippen molar-refractivity contribution in [2.45, 2.75) is 38.6 Å². The summed E-state index contributed by atoms with van der Waals surface area (Å²) in [6, 6.07) is 12.1. The van der Waals surface area contributed by atoms with Crippen LogP contribution in [0.15, 0.2) is 59.8 Å². The first-order valence-corrected chi connectivity index (χ1v) is 15.4. The lowest BCUT2D eigenvalue weighted by atomic mass is 10.2. The quantitative estimate of drug-likeness (QED) is 0.185. The molecule has 5 aromatic rings. The molecule has 0 atom stereocenters. The summed E-state index contributed by atoms with van der Waals surface area (Å²) in [4.78, 5) is 11.8. The zero-order valence-electron chi connectivity index (χ0n) is 23.9. The van der Waals surface area contributed by atoms with Crippen molar-refractivity contribution in [3.05, 3.63) is 65.4 Å². The van der Waals surface area contributed by atoms with E-state index in [2.05, 4.69) is 28.3 Å². The Balaban J connectivity index is 1.77. The molecule has 1 aromatic carbocycles. The molecule has 4 aromatic heterocycles. The maximum absolute atomic E-state index is 14.2. The normalized spacial score (nSPS) is 12.1. The van der Waals surface area contributed by atoms with Gasteiger partial charge in [-0.05, 0) is 57.2 Å². The summed E-state index contributed by atoms with van der Waals surface area (Å²) in [5, 5.41) is 0.937. The Morgan fingerprint density at radius 2 is 1.76 bits per heavy atom. The van der Waals surface area contributed by atoms with Crippen LogP contribution in [0.1, 0.15) is 25.8 Å². The SMILES string of the molecule is CCN(CC)CCCn1cc(-c2cc3c(Cl)ccnc3n2S(=O)(=O)c2ccc(C)cc2)c2nc(OC)c(OC)cc21. The predicted octanol–water partition coefficient (Wildman–Crippen LogP) is 6.00. The Morgan fingerprint density at radius 3 is 2.41 bits per heavy atom. The van der Waals surface area contributed by atoms with Gasteiger partial charge in [-0.15, -0.1) is 0 Å². The first-order valence-electron chi connectivity index (χ1n) is 13.6. The number of ether oxygens (including phenoxy) is 2. The van der Waals surface area contributed by atoms with Gasteiger partial charge in [-0.25, -0.2) is 22.4 Å². The molecule has 0 saturated carbocycles. The molecule has 41 heavy (non-hydrogen) atoms. The summed E-state index contributed by atoms with van der Waals surface area (Å²) < 4.78 is 42.9. The number of benzene rings is 1. The van der Waals surface area contributed by atoms with E-state index in [1.165, 1.54) is 17.3 Å². The van der Waals surface area contributed by atoms with Gasteiger partial charge in [-0.2, -0.15) is 0 Å². The maximum atomic E-state index is 14.2. The van der Waals surface area contributed by atoms with Gasteiger partial charge in [0.1, 0.15) is 5.52 Å². The van der Waals surface area contributed by atoms with Gasteiger partial charge >= 0.3 is 0 Å². The van der Waals surface area contributed by atoms with E-state index >= 15 is 0 Å². The van der Waals surface area contributed by atoms with E-state index in [0.717, 1.165) is 37.1 Å². The molecule has 0 bridgehead atoms. The van der Waals surface area contributed by atoms with Crippen LogP contribution in [0.25, 0.3) is 33.3 Å². The van der Waals surface area contributed by atoms with E-state index in [1.54, 1.807) is 43.5 Å². The van der Waals surface area contributed by atoms with E-state index in [-0.39, 0.29) is 10.5 Å². The van der Waals surface area contributed by atoms with Gasteiger partial charge in [0.15, 0.2) is 11.4 Å². The smallest absolute Gasteiger partial charge is 0.269 e. The summed E-state index contributed by atoms with van der Waals surface area (Å²) in [6.45, 7) is 9.81. The second-order valence-electron chi connectivity index (χ2n) is 9.83. The van der Waals surface area contributed by atoms with E-state index in [4.69, 9.17) is 26.1 Å². The molecule has 0 radical (unpaired) electrons. The van der Waals surface area contributed by atoms with Gasteiger partial charge in [0.25, 0.3) is 15.9 Å². The Bertz CT molecular complexity index is 1810. The second kappa shape index (κ2) is 11.7. The van der Waals surface area contributed by atoms with Crippen LogP contribution in [0.5, 0.6) is 11.6 Å². The average Bonchev–Trinajstić information content (AvgIpc) is 3.54. The lowest BCUT2D eigenvalue weighted by Crippen LogP contribution is -2.24. The number of fused-ring (bicyclic) bond motifs is 2. The molecule has 0 unspecified atom stereocenters. The molecule has 0 aliphatic rings. The molecule has 0 aliphatic carbocycles. The molecule has 0 spiro atoms. The Kier molecular flexibility index (Phi) is 8.26. The summed E-state index contributed by atoms with van der Waals surface area (Å²) in [7, 11) is -0.965. The second-order valence-corrected chi connectivity index (χ2v) is 12.0. The van der Waals surface area contributed by atoms with Crippen molar-refractivity contribution in [3.63, 3.8) is 0 Å². The first kappa shape index (κ1) is 28.9. The third-order valence-corrected chi connectivity index (χ3v) is 9.46. The summed E-state index contributed by atoms with van der Waals surface area (Å²) in [5.74, 6) is 0.800. The number of hydrogen-bond acceptors (Lipinski definition) is 7. The zero-order chi connectivity index (χ0) is 29.3. The number of halogens is 1. The van der Waals surface area contributed by atoms with Crippen LogP contribution in [-0.4, -0.2) is 65.7 Å². The highest BCUT2D eigenvalue weighted by Crippen LogP contribution is 2.40. The molecule has 216 valence electrons. The van der Waals surface area contributed by atoms with Gasteiger partial charge < -0.3 is 18.9 Å². The molecular weight excluding hydrogens is 562 g/mol.